The van der Waals surface area contributed by atoms with Crippen molar-refractivity contribution < 1.29 is 0 Å². The van der Waals surface area contributed by atoms with Crippen LogP contribution in [0.25, 0.3) is 10.9 Å². The van der Waals surface area contributed by atoms with Gasteiger partial charge in [0, 0.05) is 79.9 Å². The Hall–Kier alpha value is -2.37. The Balaban J connectivity index is 1.35. The number of benzene rings is 1. The highest BCUT2D eigenvalue weighted by molar-refractivity contribution is 5.92. The molecular formula is C21H27N5. The lowest BCUT2D eigenvalue weighted by Crippen LogP contribution is -2.50. The average molecular weight is 349 g/mol. The number of aromatic amines is 1. The average Bonchev–Trinajstić information content (AvgIpc) is 3.18. The number of H-pyrrole nitrogens is 1. The molecule has 0 saturated carbocycles. The van der Waals surface area contributed by atoms with Crippen LogP contribution in [-0.2, 0) is 6.42 Å². The topological polar surface area (TPSA) is 47.2 Å². The van der Waals surface area contributed by atoms with E-state index in [1.165, 1.54) is 16.6 Å². The second-order valence-corrected chi connectivity index (χ2v) is 7.01. The van der Waals surface area contributed by atoms with Gasteiger partial charge < -0.3 is 15.2 Å². The van der Waals surface area contributed by atoms with Gasteiger partial charge in [-0.2, -0.15) is 0 Å². The molecule has 1 aliphatic heterocycles. The van der Waals surface area contributed by atoms with E-state index in [9.17, 15) is 0 Å². The molecular weight excluding hydrogens is 322 g/mol. The summed E-state index contributed by atoms with van der Waals surface area (Å²) in [7, 11) is 2.05. The van der Waals surface area contributed by atoms with Gasteiger partial charge in [-0.15, -0.1) is 0 Å². The smallest absolute Gasteiger partial charge is 0.0474 e. The third-order valence-electron chi connectivity index (χ3n) is 5.35. The molecule has 1 atom stereocenters. The van der Waals surface area contributed by atoms with Crippen LogP contribution in [0.2, 0.25) is 0 Å². The minimum atomic E-state index is 0.435. The van der Waals surface area contributed by atoms with Crippen molar-refractivity contribution in [1.29, 1.82) is 0 Å². The van der Waals surface area contributed by atoms with Gasteiger partial charge in [0.05, 0.1) is 0 Å². The Morgan fingerprint density at radius 1 is 1.08 bits per heavy atom. The van der Waals surface area contributed by atoms with Gasteiger partial charge in [-0.3, -0.25) is 9.88 Å². The number of hydrogen-bond donors (Lipinski definition) is 2. The highest BCUT2D eigenvalue weighted by Crippen LogP contribution is 2.26. The molecule has 1 aromatic carbocycles. The zero-order chi connectivity index (χ0) is 17.8. The first-order valence-electron chi connectivity index (χ1n) is 9.44. The quantitative estimate of drug-likeness (QED) is 0.718. The number of aromatic nitrogens is 2. The predicted molar refractivity (Wildman–Crippen MR) is 108 cm³/mol. The summed E-state index contributed by atoms with van der Waals surface area (Å²) in [4.78, 5) is 12.9. The van der Waals surface area contributed by atoms with Crippen LogP contribution in [0.3, 0.4) is 0 Å². The molecule has 0 amide bonds. The fourth-order valence-electron chi connectivity index (χ4n) is 3.86. The maximum absolute atomic E-state index is 4.47. The Kier molecular flexibility index (Phi) is 5.18. The molecule has 0 radical (unpaired) electrons. The summed E-state index contributed by atoms with van der Waals surface area (Å²) in [6.45, 7) is 5.41. The minimum absolute atomic E-state index is 0.435. The first-order chi connectivity index (χ1) is 12.8. The van der Waals surface area contributed by atoms with Crippen molar-refractivity contribution in [2.24, 2.45) is 0 Å². The fraction of sp³-hybridized carbons (Fsp3) is 0.381. The van der Waals surface area contributed by atoms with E-state index in [4.69, 9.17) is 0 Å². The standard InChI is InChI=1S/C21H27N5/c1-22-18(15-17-5-2-3-9-23-17)16-25-11-13-26(14-12-25)21-7-4-6-20-19(21)8-10-24-20/h2-10,18,22,24H,11-16H2,1H3/t18-/m1/s1. The Labute approximate surface area is 155 Å². The van der Waals surface area contributed by atoms with E-state index >= 15 is 0 Å². The fourth-order valence-corrected chi connectivity index (χ4v) is 3.86. The van der Waals surface area contributed by atoms with Crippen molar-refractivity contribution in [2.75, 3.05) is 44.7 Å². The monoisotopic (exact) mass is 349 g/mol. The Bertz CT molecular complexity index is 821. The Morgan fingerprint density at radius 3 is 2.73 bits per heavy atom. The van der Waals surface area contributed by atoms with Crippen LogP contribution >= 0.6 is 0 Å². The van der Waals surface area contributed by atoms with Crippen LogP contribution in [0.1, 0.15) is 5.69 Å². The van der Waals surface area contributed by atoms with Crippen LogP contribution in [0.5, 0.6) is 0 Å². The molecule has 1 fully saturated rings. The molecule has 2 aromatic heterocycles. The molecule has 3 heterocycles. The van der Waals surface area contributed by atoms with E-state index in [1.54, 1.807) is 0 Å². The number of piperazine rings is 1. The van der Waals surface area contributed by atoms with Crippen molar-refractivity contribution in [3.05, 3.63) is 60.6 Å². The van der Waals surface area contributed by atoms with Crippen LogP contribution in [0.4, 0.5) is 5.69 Å². The molecule has 5 nitrogen and oxygen atoms in total. The lowest BCUT2D eigenvalue weighted by molar-refractivity contribution is 0.231. The maximum Gasteiger partial charge on any atom is 0.0474 e. The normalized spacial score (nSPS) is 16.9. The summed E-state index contributed by atoms with van der Waals surface area (Å²) >= 11 is 0. The summed E-state index contributed by atoms with van der Waals surface area (Å²) in [6.07, 6.45) is 4.88. The number of anilines is 1. The zero-order valence-corrected chi connectivity index (χ0v) is 15.4. The Morgan fingerprint density at radius 2 is 1.96 bits per heavy atom. The second-order valence-electron chi connectivity index (χ2n) is 7.01. The molecule has 26 heavy (non-hydrogen) atoms. The summed E-state index contributed by atoms with van der Waals surface area (Å²) in [5, 5.41) is 4.79. The zero-order valence-electron chi connectivity index (χ0n) is 15.4. The third kappa shape index (κ3) is 3.74. The van der Waals surface area contributed by atoms with Crippen molar-refractivity contribution in [3.8, 4) is 0 Å². The summed E-state index contributed by atoms with van der Waals surface area (Å²) in [5.41, 5.74) is 3.72. The van der Waals surface area contributed by atoms with E-state index < -0.39 is 0 Å². The molecule has 1 saturated heterocycles. The summed E-state index contributed by atoms with van der Waals surface area (Å²) in [6, 6.07) is 15.3. The lowest BCUT2D eigenvalue weighted by atomic mass is 10.1. The highest BCUT2D eigenvalue weighted by atomic mass is 15.3. The second kappa shape index (κ2) is 7.89. The number of rotatable bonds is 6. The SMILES string of the molecule is CN[C@H](Cc1ccccn1)CN1CCN(c2cccc3[nH]ccc23)CC1. The van der Waals surface area contributed by atoms with Crippen molar-refractivity contribution in [2.45, 2.75) is 12.5 Å². The molecule has 136 valence electrons. The van der Waals surface area contributed by atoms with Crippen LogP contribution in [0.15, 0.2) is 54.9 Å². The molecule has 1 aliphatic rings. The summed E-state index contributed by atoms with van der Waals surface area (Å²) in [5.74, 6) is 0. The lowest BCUT2D eigenvalue weighted by Gasteiger charge is -2.37. The molecule has 3 aromatic rings. The molecule has 0 spiro atoms. The molecule has 4 rings (SSSR count). The number of pyridine rings is 1. The van der Waals surface area contributed by atoms with Gasteiger partial charge in [0.2, 0.25) is 0 Å². The minimum Gasteiger partial charge on any atom is -0.368 e. The molecule has 5 heteroatoms. The van der Waals surface area contributed by atoms with Crippen molar-refractivity contribution >= 4 is 16.6 Å². The van der Waals surface area contributed by atoms with Crippen LogP contribution in [-0.4, -0.2) is 60.7 Å². The molecule has 2 N–H and O–H groups in total. The number of nitrogens with one attached hydrogen (secondary N) is 2. The third-order valence-corrected chi connectivity index (χ3v) is 5.35. The number of fused-ring (bicyclic) bond motifs is 1. The highest BCUT2D eigenvalue weighted by Gasteiger charge is 2.21. The van der Waals surface area contributed by atoms with E-state index in [0.29, 0.717) is 6.04 Å². The van der Waals surface area contributed by atoms with E-state index in [-0.39, 0.29) is 0 Å². The largest absolute Gasteiger partial charge is 0.368 e. The van der Waals surface area contributed by atoms with Crippen LogP contribution in [0, 0.1) is 0 Å². The van der Waals surface area contributed by atoms with Gasteiger partial charge >= 0.3 is 0 Å². The molecule has 0 bridgehead atoms. The predicted octanol–water partition coefficient (Wildman–Crippen LogP) is 2.52. The summed E-state index contributed by atoms with van der Waals surface area (Å²) < 4.78 is 0. The van der Waals surface area contributed by atoms with Crippen molar-refractivity contribution in [1.82, 2.24) is 20.2 Å². The first kappa shape index (κ1) is 17.1. The molecule has 0 aliphatic carbocycles. The van der Waals surface area contributed by atoms with E-state index in [2.05, 4.69) is 68.5 Å². The van der Waals surface area contributed by atoms with Crippen molar-refractivity contribution in [3.63, 3.8) is 0 Å². The van der Waals surface area contributed by atoms with E-state index in [0.717, 1.165) is 44.8 Å². The van der Waals surface area contributed by atoms with Crippen LogP contribution < -0.4 is 10.2 Å². The van der Waals surface area contributed by atoms with Gasteiger partial charge in [-0.25, -0.2) is 0 Å². The number of hydrogen-bond acceptors (Lipinski definition) is 4. The molecule has 0 unspecified atom stereocenters. The van der Waals surface area contributed by atoms with Gasteiger partial charge in [-0.05, 0) is 37.4 Å². The number of nitrogens with zero attached hydrogens (tertiary/aromatic N) is 3. The van der Waals surface area contributed by atoms with Gasteiger partial charge in [0.1, 0.15) is 0 Å². The maximum atomic E-state index is 4.47. The number of likely N-dealkylation sites (N-methyl/N-ethyl adjacent to an activating group) is 1. The van der Waals surface area contributed by atoms with E-state index in [1.807, 2.05) is 18.5 Å². The van der Waals surface area contributed by atoms with Gasteiger partial charge in [0.25, 0.3) is 0 Å². The van der Waals surface area contributed by atoms with Gasteiger partial charge in [-0.1, -0.05) is 12.1 Å². The first-order valence-corrected chi connectivity index (χ1v) is 9.44. The van der Waals surface area contributed by atoms with Gasteiger partial charge in [0.15, 0.2) is 0 Å².